The van der Waals surface area contributed by atoms with Crippen LogP contribution in [0.15, 0.2) is 36.7 Å². The van der Waals surface area contributed by atoms with Gasteiger partial charge in [0.15, 0.2) is 11.4 Å². The topological polar surface area (TPSA) is 99.3 Å². The number of H-pyrrole nitrogens is 1. The van der Waals surface area contributed by atoms with E-state index >= 15 is 0 Å². The van der Waals surface area contributed by atoms with Crippen LogP contribution in [0.25, 0.3) is 11.0 Å². The molecule has 0 unspecified atom stereocenters. The van der Waals surface area contributed by atoms with E-state index in [9.17, 15) is 27.6 Å². The predicted molar refractivity (Wildman–Crippen MR) is 129 cm³/mol. The van der Waals surface area contributed by atoms with E-state index in [1.54, 1.807) is 29.3 Å². The number of hydrogen-bond acceptors (Lipinski definition) is 5. The number of carbonyl (C=O) groups excluding carboxylic acids is 3. The molecule has 0 radical (unpaired) electrons. The predicted octanol–water partition coefficient (Wildman–Crippen LogP) is 3.95. The highest BCUT2D eigenvalue weighted by Crippen LogP contribution is 2.49. The molecule has 1 saturated heterocycles. The first kappa shape index (κ1) is 24.9. The second-order valence-corrected chi connectivity index (χ2v) is 9.62. The van der Waals surface area contributed by atoms with E-state index in [1.807, 2.05) is 13.0 Å². The first-order valence-corrected chi connectivity index (χ1v) is 12.2. The Morgan fingerprint density at radius 1 is 1.16 bits per heavy atom. The minimum Gasteiger partial charge on any atom is -0.339 e. The monoisotopic (exact) mass is 513 g/mol. The number of Topliss-reactive ketones (excluding diaryl/α,β-unsaturated/α-hetero) is 1. The summed E-state index contributed by atoms with van der Waals surface area (Å²) in [6.07, 6.45) is -1.85. The number of amides is 2. The number of nitrogens with one attached hydrogen (secondary N) is 1. The van der Waals surface area contributed by atoms with E-state index in [0.29, 0.717) is 49.2 Å². The third kappa shape index (κ3) is 4.47. The average molecular weight is 514 g/mol. The van der Waals surface area contributed by atoms with Gasteiger partial charge in [0.1, 0.15) is 0 Å². The van der Waals surface area contributed by atoms with Crippen molar-refractivity contribution in [2.75, 3.05) is 24.5 Å². The van der Waals surface area contributed by atoms with Gasteiger partial charge in [-0.15, -0.1) is 0 Å². The Labute approximate surface area is 210 Å². The quantitative estimate of drug-likeness (QED) is 0.538. The number of piperidine rings is 1. The second kappa shape index (κ2) is 9.28. The van der Waals surface area contributed by atoms with Gasteiger partial charge in [-0.2, -0.15) is 18.3 Å². The number of carbonyl (C=O) groups is 3. The Bertz CT molecular complexity index is 1380. The Morgan fingerprint density at radius 3 is 2.62 bits per heavy atom. The summed E-state index contributed by atoms with van der Waals surface area (Å²) in [6, 6.07) is 7.21. The van der Waals surface area contributed by atoms with Crippen LogP contribution in [-0.2, 0) is 21.4 Å². The summed E-state index contributed by atoms with van der Waals surface area (Å²) in [5, 5.41) is 7.39. The van der Waals surface area contributed by atoms with Gasteiger partial charge < -0.3 is 9.80 Å². The number of likely N-dealkylation sites (tertiary alicyclic amines) is 1. The molecule has 2 aliphatic heterocycles. The van der Waals surface area contributed by atoms with Crippen LogP contribution in [0.5, 0.6) is 0 Å². The number of hydrogen-bond donors (Lipinski definition) is 1. The van der Waals surface area contributed by atoms with Gasteiger partial charge in [-0.25, -0.2) is 4.98 Å². The van der Waals surface area contributed by atoms with E-state index in [4.69, 9.17) is 0 Å². The summed E-state index contributed by atoms with van der Waals surface area (Å²) in [7, 11) is 0. The third-order valence-corrected chi connectivity index (χ3v) is 7.40. The fourth-order valence-electron chi connectivity index (χ4n) is 5.52. The summed E-state index contributed by atoms with van der Waals surface area (Å²) >= 11 is 0. The molecule has 4 heterocycles. The number of pyridine rings is 1. The first-order valence-electron chi connectivity index (χ1n) is 12.2. The van der Waals surface area contributed by atoms with Gasteiger partial charge in [0.25, 0.3) is 5.91 Å². The Hall–Kier alpha value is -3.76. The van der Waals surface area contributed by atoms with Crippen molar-refractivity contribution in [1.82, 2.24) is 20.1 Å². The number of nitrogens with zero attached hydrogens (tertiary/aromatic N) is 4. The van der Waals surface area contributed by atoms with Crippen molar-refractivity contribution in [2.45, 2.75) is 50.6 Å². The van der Waals surface area contributed by atoms with Crippen LogP contribution in [0.1, 0.15) is 54.1 Å². The fraction of sp³-hybridized carbons (Fsp3) is 0.423. The number of fused-ring (bicyclic) bond motifs is 3. The molecule has 2 aromatic heterocycles. The van der Waals surface area contributed by atoms with E-state index in [-0.39, 0.29) is 11.8 Å². The van der Waals surface area contributed by atoms with E-state index < -0.39 is 36.8 Å². The standard InChI is InChI=1S/C26H26F3N5O3/c1-2-16-4-3-5-20-21(16)25(24(37)34(20)15-19(35)6-7-26(27,28)29)8-10-33(11-9-25)23(36)18-12-17-14-31-32-22(17)30-13-18/h3-5,12-14H,2,6-11,15H2,1H3,(H,30,31,32). The minimum atomic E-state index is -4.43. The van der Waals surface area contributed by atoms with E-state index in [2.05, 4.69) is 15.2 Å². The minimum absolute atomic E-state index is 0.195. The number of rotatable bonds is 6. The molecule has 194 valence electrons. The number of benzene rings is 1. The van der Waals surface area contributed by atoms with Gasteiger partial charge >= 0.3 is 6.18 Å². The van der Waals surface area contributed by atoms with Crippen LogP contribution >= 0.6 is 0 Å². The van der Waals surface area contributed by atoms with Gasteiger partial charge in [0.2, 0.25) is 5.91 Å². The molecule has 37 heavy (non-hydrogen) atoms. The van der Waals surface area contributed by atoms with E-state index in [0.717, 1.165) is 16.5 Å². The van der Waals surface area contributed by atoms with Gasteiger partial charge in [0, 0.05) is 36.8 Å². The lowest BCUT2D eigenvalue weighted by Gasteiger charge is -2.39. The molecule has 0 bridgehead atoms. The number of aromatic nitrogens is 3. The molecule has 0 saturated carbocycles. The molecule has 2 aliphatic rings. The summed E-state index contributed by atoms with van der Waals surface area (Å²) in [5.74, 6) is -1.11. The maximum absolute atomic E-state index is 13.8. The molecule has 5 rings (SSSR count). The van der Waals surface area contributed by atoms with Crippen molar-refractivity contribution in [3.05, 3.63) is 53.3 Å². The molecule has 1 fully saturated rings. The molecular formula is C26H26F3N5O3. The average Bonchev–Trinajstić information content (AvgIpc) is 3.44. The zero-order chi connectivity index (χ0) is 26.4. The van der Waals surface area contributed by atoms with Crippen molar-refractivity contribution >= 4 is 34.3 Å². The molecule has 0 aliphatic carbocycles. The van der Waals surface area contributed by atoms with Crippen molar-refractivity contribution < 1.29 is 27.6 Å². The molecule has 0 atom stereocenters. The van der Waals surface area contributed by atoms with Crippen LogP contribution in [-0.4, -0.2) is 63.5 Å². The summed E-state index contributed by atoms with van der Waals surface area (Å²) < 4.78 is 37.9. The number of halogens is 3. The lowest BCUT2D eigenvalue weighted by molar-refractivity contribution is -0.142. The fourth-order valence-corrected chi connectivity index (χ4v) is 5.52. The molecular weight excluding hydrogens is 487 g/mol. The summed E-state index contributed by atoms with van der Waals surface area (Å²) in [5.41, 5.74) is 2.47. The molecule has 2 amide bonds. The number of aryl methyl sites for hydroxylation is 1. The van der Waals surface area contributed by atoms with Crippen LogP contribution < -0.4 is 4.90 Å². The molecule has 11 heteroatoms. The molecule has 1 spiro atoms. The Kier molecular flexibility index (Phi) is 6.25. The molecule has 1 aromatic carbocycles. The maximum atomic E-state index is 13.8. The van der Waals surface area contributed by atoms with Crippen LogP contribution in [0.4, 0.5) is 18.9 Å². The van der Waals surface area contributed by atoms with Crippen molar-refractivity contribution in [3.8, 4) is 0 Å². The largest absolute Gasteiger partial charge is 0.389 e. The van der Waals surface area contributed by atoms with Crippen LogP contribution in [0.3, 0.4) is 0 Å². The Morgan fingerprint density at radius 2 is 1.92 bits per heavy atom. The first-order chi connectivity index (χ1) is 17.6. The highest BCUT2D eigenvalue weighted by molar-refractivity contribution is 6.11. The highest BCUT2D eigenvalue weighted by atomic mass is 19.4. The van der Waals surface area contributed by atoms with Crippen LogP contribution in [0, 0.1) is 0 Å². The van der Waals surface area contributed by atoms with Crippen molar-refractivity contribution in [3.63, 3.8) is 0 Å². The SMILES string of the molecule is CCc1cccc2c1C1(CCN(C(=O)c3cnc4[nH]ncc4c3)CC1)C(=O)N2CC(=O)CCC(F)(F)F. The third-order valence-electron chi connectivity index (χ3n) is 7.40. The number of ketones is 1. The number of anilines is 1. The van der Waals surface area contributed by atoms with Crippen LogP contribution in [0.2, 0.25) is 0 Å². The van der Waals surface area contributed by atoms with Crippen molar-refractivity contribution in [2.24, 2.45) is 0 Å². The summed E-state index contributed by atoms with van der Waals surface area (Å²) in [4.78, 5) is 46.7. The maximum Gasteiger partial charge on any atom is 0.389 e. The van der Waals surface area contributed by atoms with Crippen molar-refractivity contribution in [1.29, 1.82) is 0 Å². The lowest BCUT2D eigenvalue weighted by Crippen LogP contribution is -2.51. The second-order valence-electron chi connectivity index (χ2n) is 9.62. The molecule has 8 nitrogen and oxygen atoms in total. The highest BCUT2D eigenvalue weighted by Gasteiger charge is 2.53. The van der Waals surface area contributed by atoms with Gasteiger partial charge in [0.05, 0.1) is 30.1 Å². The zero-order valence-electron chi connectivity index (χ0n) is 20.3. The lowest BCUT2D eigenvalue weighted by atomic mass is 9.71. The summed E-state index contributed by atoms with van der Waals surface area (Å²) in [6.45, 7) is 2.22. The van der Waals surface area contributed by atoms with Gasteiger partial charge in [-0.3, -0.25) is 19.5 Å². The van der Waals surface area contributed by atoms with Gasteiger partial charge in [-0.05, 0) is 42.5 Å². The number of aromatic amines is 1. The zero-order valence-corrected chi connectivity index (χ0v) is 20.3. The van der Waals surface area contributed by atoms with E-state index in [1.165, 1.54) is 11.1 Å². The molecule has 1 N–H and O–H groups in total. The van der Waals surface area contributed by atoms with Gasteiger partial charge in [-0.1, -0.05) is 19.1 Å². The normalized spacial score (nSPS) is 17.0. The smallest absolute Gasteiger partial charge is 0.339 e. The molecule has 3 aromatic rings. The Balaban J connectivity index is 1.38. The number of alkyl halides is 3.